The highest BCUT2D eigenvalue weighted by atomic mass is 15.2. The maximum absolute atomic E-state index is 9.16. The first-order valence-corrected chi connectivity index (χ1v) is 11.9. The van der Waals surface area contributed by atoms with Gasteiger partial charge in [0.2, 0.25) is 0 Å². The zero-order valence-corrected chi connectivity index (χ0v) is 20.4. The predicted octanol–water partition coefficient (Wildman–Crippen LogP) is 6.85. The summed E-state index contributed by atoms with van der Waals surface area (Å²) >= 11 is 0. The van der Waals surface area contributed by atoms with Gasteiger partial charge in [0.15, 0.2) is 0 Å². The Morgan fingerprint density at radius 3 is 2.56 bits per heavy atom. The number of rotatable bonds is 9. The minimum Gasteiger partial charge on any atom is -0.355 e. The van der Waals surface area contributed by atoms with Gasteiger partial charge in [0.1, 0.15) is 11.9 Å². The van der Waals surface area contributed by atoms with Crippen molar-refractivity contribution in [2.24, 2.45) is 10.9 Å². The van der Waals surface area contributed by atoms with Crippen LogP contribution in [0, 0.1) is 24.2 Å². The predicted molar refractivity (Wildman–Crippen MR) is 137 cm³/mol. The van der Waals surface area contributed by atoms with Crippen molar-refractivity contribution >= 4 is 17.1 Å². The molecule has 1 aliphatic rings. The lowest BCUT2D eigenvalue weighted by molar-refractivity contribution is 0.508. The van der Waals surface area contributed by atoms with E-state index in [1.807, 2.05) is 12.1 Å². The van der Waals surface area contributed by atoms with Gasteiger partial charge in [-0.1, -0.05) is 63.9 Å². The SMILES string of the molecule is CCC1=NCC(c2cccc(C)c2)=C1.CCCC(C)CN(CCC)c1ncccc1C#N. The Bertz CT molecular complexity index is 952. The average Bonchev–Trinajstić information content (AvgIpc) is 3.29. The van der Waals surface area contributed by atoms with Crippen LogP contribution < -0.4 is 4.90 Å². The van der Waals surface area contributed by atoms with Crippen LogP contribution in [0.25, 0.3) is 5.57 Å². The number of hydrogen-bond donors (Lipinski definition) is 0. The Balaban J connectivity index is 0.000000233. The first-order chi connectivity index (χ1) is 15.5. The molecule has 3 rings (SSSR count). The number of nitrogens with zero attached hydrogens (tertiary/aromatic N) is 4. The summed E-state index contributed by atoms with van der Waals surface area (Å²) in [5, 5.41) is 9.16. The molecule has 2 aromatic rings. The van der Waals surface area contributed by atoms with Gasteiger partial charge in [0.25, 0.3) is 0 Å². The standard InChI is InChI=1S/C15H23N3.C13H15N/c1-4-7-13(3)12-18(10-5-2)15-14(11-16)8-6-9-17-15;1-3-13-8-12(9-14-13)11-6-4-5-10(2)7-11/h6,8-9,13H,4-5,7,10,12H2,1-3H3;4-8H,3,9H2,1-2H3. The molecule has 4 nitrogen and oxygen atoms in total. The Morgan fingerprint density at radius 1 is 1.12 bits per heavy atom. The first-order valence-electron chi connectivity index (χ1n) is 11.9. The van der Waals surface area contributed by atoms with Gasteiger partial charge in [-0.3, -0.25) is 4.99 Å². The second-order valence-corrected chi connectivity index (χ2v) is 8.53. The van der Waals surface area contributed by atoms with Crippen molar-refractivity contribution in [3.05, 3.63) is 65.4 Å². The summed E-state index contributed by atoms with van der Waals surface area (Å²) in [7, 11) is 0. The fraction of sp³-hybridized carbons (Fsp3) is 0.464. The highest BCUT2D eigenvalue weighted by molar-refractivity contribution is 6.04. The van der Waals surface area contributed by atoms with E-state index >= 15 is 0 Å². The fourth-order valence-electron chi connectivity index (χ4n) is 3.96. The van der Waals surface area contributed by atoms with Crippen LogP contribution in [0.4, 0.5) is 5.82 Å². The molecule has 1 unspecified atom stereocenters. The number of pyridine rings is 1. The van der Waals surface area contributed by atoms with Crippen LogP contribution in [-0.2, 0) is 0 Å². The number of aromatic nitrogens is 1. The highest BCUT2D eigenvalue weighted by Crippen LogP contribution is 2.21. The molecule has 0 bridgehead atoms. The van der Waals surface area contributed by atoms with E-state index in [9.17, 15) is 0 Å². The zero-order chi connectivity index (χ0) is 23.3. The van der Waals surface area contributed by atoms with Crippen LogP contribution in [0.2, 0.25) is 0 Å². The lowest BCUT2D eigenvalue weighted by Gasteiger charge is -2.27. The number of nitriles is 1. The molecule has 0 fully saturated rings. The van der Waals surface area contributed by atoms with Crippen LogP contribution in [0.5, 0.6) is 0 Å². The molecule has 4 heteroatoms. The molecule has 32 heavy (non-hydrogen) atoms. The molecular weight excluding hydrogens is 392 g/mol. The van der Waals surface area contributed by atoms with E-state index in [0.29, 0.717) is 11.5 Å². The molecule has 0 N–H and O–H groups in total. The van der Waals surface area contributed by atoms with Gasteiger partial charge in [0, 0.05) is 25.0 Å². The summed E-state index contributed by atoms with van der Waals surface area (Å²) in [5.74, 6) is 1.47. The third-order valence-electron chi connectivity index (χ3n) is 5.56. The number of aliphatic imine (C=N–C) groups is 1. The third kappa shape index (κ3) is 7.64. The molecule has 1 atom stereocenters. The maximum atomic E-state index is 9.16. The number of hydrogen-bond acceptors (Lipinski definition) is 4. The molecule has 2 heterocycles. The van der Waals surface area contributed by atoms with Gasteiger partial charge >= 0.3 is 0 Å². The van der Waals surface area contributed by atoms with Gasteiger partial charge in [-0.25, -0.2) is 4.98 Å². The van der Waals surface area contributed by atoms with Gasteiger partial charge in [-0.15, -0.1) is 0 Å². The van der Waals surface area contributed by atoms with Gasteiger partial charge < -0.3 is 4.90 Å². The Labute approximate surface area is 194 Å². The van der Waals surface area contributed by atoms with Gasteiger partial charge in [-0.05, 0) is 61.4 Å². The molecule has 0 aliphatic carbocycles. The van der Waals surface area contributed by atoms with Crippen LogP contribution in [0.3, 0.4) is 0 Å². The lowest BCUT2D eigenvalue weighted by atomic mass is 10.0. The summed E-state index contributed by atoms with van der Waals surface area (Å²) in [5.41, 5.74) is 5.88. The number of anilines is 1. The summed E-state index contributed by atoms with van der Waals surface area (Å²) in [4.78, 5) is 11.1. The van der Waals surface area contributed by atoms with Gasteiger partial charge in [-0.2, -0.15) is 5.26 Å². The molecule has 0 radical (unpaired) electrons. The van der Waals surface area contributed by atoms with E-state index in [1.165, 1.54) is 35.3 Å². The van der Waals surface area contributed by atoms with Crippen LogP contribution in [-0.4, -0.2) is 30.3 Å². The summed E-state index contributed by atoms with van der Waals surface area (Å²) in [6.07, 6.45) is 8.51. The molecule has 0 saturated carbocycles. The fourth-order valence-corrected chi connectivity index (χ4v) is 3.96. The number of allylic oxidation sites excluding steroid dienone is 1. The second kappa shape index (κ2) is 13.5. The summed E-state index contributed by atoms with van der Waals surface area (Å²) in [6, 6.07) is 14.5. The monoisotopic (exact) mass is 430 g/mol. The summed E-state index contributed by atoms with van der Waals surface area (Å²) < 4.78 is 0. The zero-order valence-electron chi connectivity index (χ0n) is 20.4. The largest absolute Gasteiger partial charge is 0.355 e. The summed E-state index contributed by atoms with van der Waals surface area (Å²) in [6.45, 7) is 13.7. The third-order valence-corrected chi connectivity index (χ3v) is 5.56. The van der Waals surface area contributed by atoms with Crippen molar-refractivity contribution in [1.82, 2.24) is 4.98 Å². The van der Waals surface area contributed by atoms with Crippen molar-refractivity contribution in [2.75, 3.05) is 24.5 Å². The van der Waals surface area contributed by atoms with E-state index < -0.39 is 0 Å². The Morgan fingerprint density at radius 2 is 1.94 bits per heavy atom. The number of benzene rings is 1. The molecule has 0 amide bonds. The van der Waals surface area contributed by atoms with Crippen LogP contribution in [0.15, 0.2) is 53.7 Å². The van der Waals surface area contributed by atoms with E-state index in [4.69, 9.17) is 5.26 Å². The molecule has 1 aromatic heterocycles. The van der Waals surface area contributed by atoms with Crippen molar-refractivity contribution < 1.29 is 0 Å². The minimum absolute atomic E-state index is 0.634. The van der Waals surface area contributed by atoms with Crippen molar-refractivity contribution in [3.8, 4) is 6.07 Å². The molecule has 0 saturated heterocycles. The molecule has 0 spiro atoms. The lowest BCUT2D eigenvalue weighted by Crippen LogP contribution is -2.30. The molecule has 1 aromatic carbocycles. The minimum atomic E-state index is 0.634. The van der Waals surface area contributed by atoms with E-state index in [-0.39, 0.29) is 0 Å². The topological polar surface area (TPSA) is 52.3 Å². The Kier molecular flexibility index (Phi) is 10.7. The highest BCUT2D eigenvalue weighted by Gasteiger charge is 2.14. The normalized spacial score (nSPS) is 13.4. The average molecular weight is 431 g/mol. The van der Waals surface area contributed by atoms with Crippen LogP contribution in [0.1, 0.15) is 70.1 Å². The second-order valence-electron chi connectivity index (χ2n) is 8.53. The van der Waals surface area contributed by atoms with E-state index in [2.05, 4.69) is 85.9 Å². The Hall–Kier alpha value is -2.93. The molecular formula is C28H38N4. The smallest absolute Gasteiger partial charge is 0.146 e. The van der Waals surface area contributed by atoms with Crippen molar-refractivity contribution in [2.45, 2.75) is 60.3 Å². The number of aryl methyl sites for hydroxylation is 1. The van der Waals surface area contributed by atoms with Crippen molar-refractivity contribution in [1.29, 1.82) is 5.26 Å². The van der Waals surface area contributed by atoms with Gasteiger partial charge in [0.05, 0.1) is 12.1 Å². The molecule has 170 valence electrons. The molecule has 1 aliphatic heterocycles. The first kappa shape index (κ1) is 25.3. The van der Waals surface area contributed by atoms with Crippen LogP contribution >= 0.6 is 0 Å². The van der Waals surface area contributed by atoms with E-state index in [0.717, 1.165) is 38.3 Å². The quantitative estimate of drug-likeness (QED) is 0.437. The van der Waals surface area contributed by atoms with Crippen molar-refractivity contribution in [3.63, 3.8) is 0 Å². The van der Waals surface area contributed by atoms with E-state index in [1.54, 1.807) is 6.20 Å². The maximum Gasteiger partial charge on any atom is 0.146 e.